The Hall–Kier alpha value is -1.97. The molecule has 0 saturated carbocycles. The summed E-state index contributed by atoms with van der Waals surface area (Å²) in [6.07, 6.45) is 0. The molecule has 162 valence electrons. The summed E-state index contributed by atoms with van der Waals surface area (Å²) in [5, 5.41) is 0.583. The van der Waals surface area contributed by atoms with E-state index in [0.29, 0.717) is 23.8 Å². The molecule has 0 bridgehead atoms. The molecule has 5 nitrogen and oxygen atoms in total. The molecule has 0 unspecified atom stereocenters. The molecule has 3 aromatic rings. The molecule has 0 N–H and O–H groups in total. The molecule has 0 aliphatic rings. The maximum Gasteiger partial charge on any atom is 0.243 e. The zero-order chi connectivity index (χ0) is 22.1. The Morgan fingerprint density at radius 2 is 1.73 bits per heavy atom. The molecule has 1 heterocycles. The molecule has 0 atom stereocenters. The second kappa shape index (κ2) is 9.03. The molecule has 3 rings (SSSR count). The molecule has 0 radical (unpaired) electrons. The van der Waals surface area contributed by atoms with Crippen LogP contribution in [0.25, 0.3) is 11.0 Å². The number of aromatic nitrogens is 2. The Morgan fingerprint density at radius 1 is 1.10 bits per heavy atom. The van der Waals surface area contributed by atoms with Crippen LogP contribution in [0.4, 0.5) is 8.78 Å². The van der Waals surface area contributed by atoms with Crippen LogP contribution in [0.3, 0.4) is 0 Å². The van der Waals surface area contributed by atoms with Crippen LogP contribution >= 0.6 is 11.8 Å². The van der Waals surface area contributed by atoms with E-state index in [1.165, 1.54) is 34.3 Å². The van der Waals surface area contributed by atoms with E-state index < -0.39 is 21.7 Å². The SMILES string of the molecule is CCN(CC)S(=O)(=O)c1ccc2c(c1)nc(SCc1c(F)cccc1F)n2C(C)C. The van der Waals surface area contributed by atoms with Crippen LogP contribution in [0, 0.1) is 11.6 Å². The van der Waals surface area contributed by atoms with Gasteiger partial charge in [-0.25, -0.2) is 22.2 Å². The summed E-state index contributed by atoms with van der Waals surface area (Å²) in [5.74, 6) is -1.11. The van der Waals surface area contributed by atoms with Gasteiger partial charge < -0.3 is 4.57 Å². The number of benzene rings is 2. The first-order valence-corrected chi connectivity index (χ1v) is 12.2. The summed E-state index contributed by atoms with van der Waals surface area (Å²) in [5.41, 5.74) is 1.31. The highest BCUT2D eigenvalue weighted by Crippen LogP contribution is 2.32. The molecule has 30 heavy (non-hydrogen) atoms. The van der Waals surface area contributed by atoms with Gasteiger partial charge in [-0.2, -0.15) is 4.31 Å². The van der Waals surface area contributed by atoms with Crippen molar-refractivity contribution < 1.29 is 17.2 Å². The maximum atomic E-state index is 14.0. The van der Waals surface area contributed by atoms with Crippen molar-refractivity contribution in [3.8, 4) is 0 Å². The third kappa shape index (κ3) is 4.24. The normalized spacial score (nSPS) is 12.4. The minimum atomic E-state index is -3.60. The number of fused-ring (bicyclic) bond motifs is 1. The second-order valence-corrected chi connectivity index (χ2v) is 9.97. The van der Waals surface area contributed by atoms with Crippen molar-refractivity contribution in [1.82, 2.24) is 13.9 Å². The lowest BCUT2D eigenvalue weighted by molar-refractivity contribution is 0.445. The average Bonchev–Trinajstić information content (AvgIpc) is 3.06. The topological polar surface area (TPSA) is 55.2 Å². The average molecular weight is 454 g/mol. The van der Waals surface area contributed by atoms with Crippen molar-refractivity contribution in [2.75, 3.05) is 13.1 Å². The summed E-state index contributed by atoms with van der Waals surface area (Å²) < 4.78 is 57.0. The first-order valence-electron chi connectivity index (χ1n) is 9.78. The van der Waals surface area contributed by atoms with Crippen LogP contribution < -0.4 is 0 Å². The Kier molecular flexibility index (Phi) is 6.84. The van der Waals surface area contributed by atoms with E-state index in [-0.39, 0.29) is 22.3 Å². The van der Waals surface area contributed by atoms with Gasteiger partial charge in [-0.15, -0.1) is 0 Å². The lowest BCUT2D eigenvalue weighted by Crippen LogP contribution is -2.30. The number of halogens is 2. The van der Waals surface area contributed by atoms with Crippen LogP contribution in [-0.4, -0.2) is 35.4 Å². The van der Waals surface area contributed by atoms with Gasteiger partial charge in [-0.3, -0.25) is 0 Å². The van der Waals surface area contributed by atoms with Gasteiger partial charge in [-0.1, -0.05) is 31.7 Å². The summed E-state index contributed by atoms with van der Waals surface area (Å²) in [4.78, 5) is 4.78. The summed E-state index contributed by atoms with van der Waals surface area (Å²) in [6, 6.07) is 8.72. The lowest BCUT2D eigenvalue weighted by Gasteiger charge is -2.18. The Morgan fingerprint density at radius 3 is 2.30 bits per heavy atom. The van der Waals surface area contributed by atoms with Crippen molar-refractivity contribution in [2.45, 2.75) is 49.5 Å². The van der Waals surface area contributed by atoms with Crippen molar-refractivity contribution in [1.29, 1.82) is 0 Å². The van der Waals surface area contributed by atoms with E-state index in [2.05, 4.69) is 4.98 Å². The van der Waals surface area contributed by atoms with Crippen LogP contribution in [0.2, 0.25) is 0 Å². The number of sulfonamides is 1. The molecular weight excluding hydrogens is 428 g/mol. The molecule has 0 amide bonds. The fraction of sp³-hybridized carbons (Fsp3) is 0.381. The molecule has 2 aromatic carbocycles. The predicted molar refractivity (Wildman–Crippen MR) is 116 cm³/mol. The zero-order valence-corrected chi connectivity index (χ0v) is 19.0. The highest BCUT2D eigenvalue weighted by atomic mass is 32.2. The van der Waals surface area contributed by atoms with E-state index in [4.69, 9.17) is 0 Å². The Labute approximate surface area is 180 Å². The van der Waals surface area contributed by atoms with E-state index in [1.54, 1.807) is 32.0 Å². The first-order chi connectivity index (χ1) is 14.2. The van der Waals surface area contributed by atoms with Crippen LogP contribution in [0.1, 0.15) is 39.3 Å². The Balaban J connectivity index is 2.02. The first kappa shape index (κ1) is 22.7. The van der Waals surface area contributed by atoms with Crippen LogP contribution in [0.15, 0.2) is 46.5 Å². The predicted octanol–water partition coefficient (Wildman–Crippen LogP) is 5.22. The number of hydrogen-bond donors (Lipinski definition) is 0. The second-order valence-electron chi connectivity index (χ2n) is 7.09. The van der Waals surface area contributed by atoms with E-state index in [9.17, 15) is 17.2 Å². The molecule has 0 aliphatic carbocycles. The van der Waals surface area contributed by atoms with Gasteiger partial charge in [0.05, 0.1) is 15.9 Å². The summed E-state index contributed by atoms with van der Waals surface area (Å²) in [7, 11) is -3.60. The van der Waals surface area contributed by atoms with Crippen molar-refractivity contribution in [3.05, 3.63) is 53.6 Å². The van der Waals surface area contributed by atoms with E-state index in [1.807, 2.05) is 18.4 Å². The highest BCUT2D eigenvalue weighted by Gasteiger charge is 2.24. The largest absolute Gasteiger partial charge is 0.316 e. The van der Waals surface area contributed by atoms with Crippen LogP contribution in [0.5, 0.6) is 0 Å². The summed E-state index contributed by atoms with van der Waals surface area (Å²) >= 11 is 1.22. The summed E-state index contributed by atoms with van der Waals surface area (Å²) in [6.45, 7) is 8.32. The lowest BCUT2D eigenvalue weighted by atomic mass is 10.2. The zero-order valence-electron chi connectivity index (χ0n) is 17.4. The number of nitrogens with zero attached hydrogens (tertiary/aromatic N) is 3. The third-order valence-corrected chi connectivity index (χ3v) is 7.92. The monoisotopic (exact) mass is 453 g/mol. The van der Waals surface area contributed by atoms with Crippen molar-refractivity contribution in [3.63, 3.8) is 0 Å². The molecule has 0 aliphatic heterocycles. The minimum absolute atomic E-state index is 0.00494. The van der Waals surface area contributed by atoms with E-state index >= 15 is 0 Å². The smallest absolute Gasteiger partial charge is 0.243 e. The number of rotatable bonds is 8. The fourth-order valence-electron chi connectivity index (χ4n) is 3.34. The standard InChI is InChI=1S/C21H25F2N3O2S2/c1-5-25(6-2)30(27,28)15-10-11-20-19(12-15)24-21(26(20)14(3)4)29-13-16-17(22)8-7-9-18(16)23/h7-12,14H,5-6,13H2,1-4H3. The van der Waals surface area contributed by atoms with Gasteiger partial charge in [0.25, 0.3) is 0 Å². The molecule has 1 aromatic heterocycles. The number of imidazole rings is 1. The Bertz CT molecular complexity index is 1140. The molecule has 0 saturated heterocycles. The number of hydrogen-bond acceptors (Lipinski definition) is 4. The van der Waals surface area contributed by atoms with Crippen molar-refractivity contribution in [2.24, 2.45) is 0 Å². The van der Waals surface area contributed by atoms with E-state index in [0.717, 1.165) is 5.52 Å². The highest BCUT2D eigenvalue weighted by molar-refractivity contribution is 7.98. The van der Waals surface area contributed by atoms with Gasteiger partial charge >= 0.3 is 0 Å². The molecule has 0 fully saturated rings. The van der Waals surface area contributed by atoms with Crippen LogP contribution in [-0.2, 0) is 15.8 Å². The van der Waals surface area contributed by atoms with Gasteiger partial charge in [0.1, 0.15) is 11.6 Å². The maximum absolute atomic E-state index is 14.0. The molecule has 0 spiro atoms. The third-order valence-electron chi connectivity index (χ3n) is 4.90. The van der Waals surface area contributed by atoms with Gasteiger partial charge in [0.15, 0.2) is 5.16 Å². The molecule has 9 heteroatoms. The van der Waals surface area contributed by atoms with Gasteiger partial charge in [0, 0.05) is 30.4 Å². The number of thioether (sulfide) groups is 1. The minimum Gasteiger partial charge on any atom is -0.316 e. The quantitative estimate of drug-likeness (QED) is 0.439. The van der Waals surface area contributed by atoms with Crippen molar-refractivity contribution >= 4 is 32.8 Å². The van der Waals surface area contributed by atoms with Gasteiger partial charge in [0.2, 0.25) is 10.0 Å². The fourth-order valence-corrected chi connectivity index (χ4v) is 5.98. The van der Waals surface area contributed by atoms with Gasteiger partial charge in [-0.05, 0) is 44.2 Å². The molecular formula is C21H25F2N3O2S2.